The van der Waals surface area contributed by atoms with Gasteiger partial charge in [-0.3, -0.25) is 14.5 Å². The number of methoxy groups -OCH3 is 1. The van der Waals surface area contributed by atoms with Crippen molar-refractivity contribution < 1.29 is 27.5 Å². The third-order valence-corrected chi connectivity index (χ3v) is 3.43. The highest BCUT2D eigenvalue weighted by molar-refractivity contribution is 5.85. The molecule has 1 fully saturated rings. The number of hydrogen-bond donors (Lipinski definition) is 1. The summed E-state index contributed by atoms with van der Waals surface area (Å²) < 4.78 is 44.0. The number of hydrogen-bond acceptors (Lipinski definition) is 4. The van der Waals surface area contributed by atoms with Crippen molar-refractivity contribution in [2.24, 2.45) is 0 Å². The summed E-state index contributed by atoms with van der Waals surface area (Å²) in [5.41, 5.74) is -1.05. The van der Waals surface area contributed by atoms with Crippen molar-refractivity contribution in [3.8, 4) is 0 Å². The highest BCUT2D eigenvalue weighted by atomic mass is 19.4. The molecule has 0 bridgehead atoms. The summed E-state index contributed by atoms with van der Waals surface area (Å²) >= 11 is 0. The smallest absolute Gasteiger partial charge is 0.416 e. The number of nitrogens with one attached hydrogen (secondary N) is 1. The Morgan fingerprint density at radius 2 is 2.09 bits per heavy atom. The van der Waals surface area contributed by atoms with Crippen LogP contribution in [-0.2, 0) is 20.5 Å². The zero-order valence-corrected chi connectivity index (χ0v) is 11.8. The van der Waals surface area contributed by atoms with E-state index in [0.29, 0.717) is 0 Å². The van der Waals surface area contributed by atoms with Gasteiger partial charge in [0.1, 0.15) is 6.04 Å². The summed E-state index contributed by atoms with van der Waals surface area (Å²) in [6, 6.07) is 3.70. The highest BCUT2D eigenvalue weighted by Crippen LogP contribution is 2.36. The van der Waals surface area contributed by atoms with E-state index in [1.807, 2.05) is 0 Å². The summed E-state index contributed by atoms with van der Waals surface area (Å²) in [4.78, 5) is 24.9. The van der Waals surface area contributed by atoms with Crippen LogP contribution >= 0.6 is 0 Å². The first-order valence-electron chi connectivity index (χ1n) is 6.59. The van der Waals surface area contributed by atoms with Crippen LogP contribution in [0.1, 0.15) is 17.2 Å². The molecule has 0 aliphatic carbocycles. The minimum absolute atomic E-state index is 0.170. The number of ether oxygens (including phenoxy) is 1. The van der Waals surface area contributed by atoms with Gasteiger partial charge in [-0.25, -0.2) is 0 Å². The van der Waals surface area contributed by atoms with Gasteiger partial charge >= 0.3 is 12.1 Å². The van der Waals surface area contributed by atoms with Crippen LogP contribution in [0.25, 0.3) is 0 Å². The SMILES string of the molecule is COC(=O)CN1CCNC(=O)C1c1ccccc1C(F)(F)F. The molecule has 0 radical (unpaired) electrons. The normalized spacial score (nSPS) is 19.6. The van der Waals surface area contributed by atoms with Gasteiger partial charge in [-0.05, 0) is 11.6 Å². The van der Waals surface area contributed by atoms with Crippen molar-refractivity contribution in [2.45, 2.75) is 12.2 Å². The molecule has 8 heteroatoms. The number of carbonyl (C=O) groups is 2. The van der Waals surface area contributed by atoms with Crippen molar-refractivity contribution >= 4 is 11.9 Å². The number of amides is 1. The monoisotopic (exact) mass is 316 g/mol. The van der Waals surface area contributed by atoms with Crippen molar-refractivity contribution in [2.75, 3.05) is 26.7 Å². The van der Waals surface area contributed by atoms with Gasteiger partial charge in [0.2, 0.25) is 5.91 Å². The van der Waals surface area contributed by atoms with Crippen LogP contribution in [0.5, 0.6) is 0 Å². The van der Waals surface area contributed by atoms with Crippen LogP contribution in [0.3, 0.4) is 0 Å². The fourth-order valence-electron chi connectivity index (χ4n) is 2.45. The number of alkyl halides is 3. The second-order valence-electron chi connectivity index (χ2n) is 4.83. The van der Waals surface area contributed by atoms with Gasteiger partial charge in [0.05, 0.1) is 19.2 Å². The molecule has 1 atom stereocenters. The molecule has 120 valence electrons. The Hall–Kier alpha value is -2.09. The van der Waals surface area contributed by atoms with Gasteiger partial charge in [-0.1, -0.05) is 18.2 Å². The lowest BCUT2D eigenvalue weighted by Gasteiger charge is -2.35. The van der Waals surface area contributed by atoms with Gasteiger partial charge < -0.3 is 10.1 Å². The molecular weight excluding hydrogens is 301 g/mol. The fourth-order valence-corrected chi connectivity index (χ4v) is 2.45. The number of esters is 1. The van der Waals surface area contributed by atoms with Crippen molar-refractivity contribution in [3.05, 3.63) is 35.4 Å². The largest absolute Gasteiger partial charge is 0.468 e. The van der Waals surface area contributed by atoms with Gasteiger partial charge in [0, 0.05) is 13.1 Å². The molecule has 0 saturated carbocycles. The van der Waals surface area contributed by atoms with Gasteiger partial charge in [-0.15, -0.1) is 0 Å². The number of piperazine rings is 1. The fraction of sp³-hybridized carbons (Fsp3) is 0.429. The van der Waals surface area contributed by atoms with Crippen LogP contribution < -0.4 is 5.32 Å². The predicted molar refractivity (Wildman–Crippen MR) is 70.8 cm³/mol. The summed E-state index contributed by atoms with van der Waals surface area (Å²) in [5.74, 6) is -1.17. The number of halogens is 3. The second kappa shape index (κ2) is 6.35. The molecule has 0 aromatic heterocycles. The number of rotatable bonds is 3. The minimum Gasteiger partial charge on any atom is -0.468 e. The highest BCUT2D eigenvalue weighted by Gasteiger charge is 2.40. The van der Waals surface area contributed by atoms with Crippen LogP contribution in [0.4, 0.5) is 13.2 Å². The van der Waals surface area contributed by atoms with Gasteiger partial charge in [0.15, 0.2) is 0 Å². The standard InChI is InChI=1S/C14H15F3N2O3/c1-22-11(20)8-19-7-6-18-13(21)12(19)9-4-2-3-5-10(9)14(15,16)17/h2-5,12H,6-8H2,1H3,(H,18,21). The minimum atomic E-state index is -4.58. The summed E-state index contributed by atoms with van der Waals surface area (Å²) in [5, 5.41) is 2.53. The molecule has 1 aliphatic rings. The quantitative estimate of drug-likeness (QED) is 0.855. The van der Waals surface area contributed by atoms with Crippen LogP contribution in [-0.4, -0.2) is 43.5 Å². The molecular formula is C14H15F3N2O3. The molecule has 1 aromatic rings. The Morgan fingerprint density at radius 1 is 1.41 bits per heavy atom. The van der Waals surface area contributed by atoms with Crippen molar-refractivity contribution in [1.82, 2.24) is 10.2 Å². The molecule has 1 unspecified atom stereocenters. The van der Waals surface area contributed by atoms with E-state index in [9.17, 15) is 22.8 Å². The summed E-state index contributed by atoms with van der Waals surface area (Å²) in [6.07, 6.45) is -4.58. The number of benzene rings is 1. The summed E-state index contributed by atoms with van der Waals surface area (Å²) in [6.45, 7) is 0.277. The van der Waals surface area contributed by atoms with E-state index >= 15 is 0 Å². The van der Waals surface area contributed by atoms with E-state index in [1.54, 1.807) is 0 Å². The Morgan fingerprint density at radius 3 is 2.73 bits per heavy atom. The Labute approximate surface area is 125 Å². The van der Waals surface area contributed by atoms with E-state index in [1.165, 1.54) is 30.2 Å². The molecule has 1 aromatic carbocycles. The lowest BCUT2D eigenvalue weighted by Crippen LogP contribution is -2.51. The maximum atomic E-state index is 13.1. The van der Waals surface area contributed by atoms with Crippen LogP contribution in [0.15, 0.2) is 24.3 Å². The van der Waals surface area contributed by atoms with Crippen LogP contribution in [0.2, 0.25) is 0 Å². The number of nitrogens with zero attached hydrogens (tertiary/aromatic N) is 1. The van der Waals surface area contributed by atoms with Gasteiger partial charge in [-0.2, -0.15) is 13.2 Å². The second-order valence-corrected chi connectivity index (χ2v) is 4.83. The van der Waals surface area contributed by atoms with Gasteiger partial charge in [0.25, 0.3) is 0 Å². The Bertz CT molecular complexity index is 575. The average molecular weight is 316 g/mol. The first kappa shape index (κ1) is 16.3. The van der Waals surface area contributed by atoms with E-state index < -0.39 is 29.7 Å². The third-order valence-electron chi connectivity index (χ3n) is 3.43. The molecule has 2 rings (SSSR count). The molecule has 1 heterocycles. The molecule has 1 amide bonds. The van der Waals surface area contributed by atoms with Crippen molar-refractivity contribution in [3.63, 3.8) is 0 Å². The molecule has 22 heavy (non-hydrogen) atoms. The molecule has 0 spiro atoms. The van der Waals surface area contributed by atoms with Crippen LogP contribution in [0, 0.1) is 0 Å². The number of carbonyl (C=O) groups excluding carboxylic acids is 2. The Kier molecular flexibility index (Phi) is 4.70. The molecule has 5 nitrogen and oxygen atoms in total. The zero-order valence-electron chi connectivity index (χ0n) is 11.8. The van der Waals surface area contributed by atoms with E-state index in [-0.39, 0.29) is 25.2 Å². The topological polar surface area (TPSA) is 58.6 Å². The van der Waals surface area contributed by atoms with E-state index in [0.717, 1.165) is 6.07 Å². The van der Waals surface area contributed by atoms with E-state index in [2.05, 4.69) is 10.1 Å². The predicted octanol–water partition coefficient (Wildman–Crippen LogP) is 1.35. The summed E-state index contributed by atoms with van der Waals surface area (Å²) in [7, 11) is 1.19. The molecule has 1 aliphatic heterocycles. The maximum Gasteiger partial charge on any atom is 0.416 e. The Balaban J connectivity index is 2.42. The first-order valence-corrected chi connectivity index (χ1v) is 6.59. The average Bonchev–Trinajstić information content (AvgIpc) is 2.46. The van der Waals surface area contributed by atoms with E-state index in [4.69, 9.17) is 0 Å². The zero-order chi connectivity index (χ0) is 16.3. The first-order chi connectivity index (χ1) is 10.3. The molecule has 1 N–H and O–H groups in total. The molecule has 1 saturated heterocycles. The maximum absolute atomic E-state index is 13.1. The van der Waals surface area contributed by atoms with Crippen molar-refractivity contribution in [1.29, 1.82) is 0 Å². The lowest BCUT2D eigenvalue weighted by molar-refractivity contribution is -0.145. The third kappa shape index (κ3) is 3.38. The lowest BCUT2D eigenvalue weighted by atomic mass is 9.96.